The van der Waals surface area contributed by atoms with Crippen LogP contribution in [0.3, 0.4) is 0 Å². The number of carbonyl (C=O) groups is 1. The minimum atomic E-state index is -1.22. The molecule has 1 N–H and O–H groups in total. The highest BCUT2D eigenvalue weighted by atomic mass is 16.5. The summed E-state index contributed by atoms with van der Waals surface area (Å²) in [5.41, 5.74) is 5.52. The summed E-state index contributed by atoms with van der Waals surface area (Å²) in [6.07, 6.45) is 1.68. The number of nitrogens with zero attached hydrogens (tertiary/aromatic N) is 1. The number of anilines is 1. The number of nitrogens with one attached hydrogen (secondary N) is 1. The number of carboxylic acids is 1. The standard InChI is InChI=1S/C22H20N2O4/c1-27-21-13-16(14-23-24-19-8-3-2-4-9-19)10-11-20(21)28-15-17-6-5-7-18(12-17)22(25)26/h2-14,24H,15H2,1H3,(H,25,26)/p-1/b23-14-. The van der Waals surface area contributed by atoms with Gasteiger partial charge in [0.1, 0.15) is 6.61 Å². The van der Waals surface area contributed by atoms with Gasteiger partial charge in [-0.3, -0.25) is 5.43 Å². The van der Waals surface area contributed by atoms with Crippen molar-refractivity contribution in [1.29, 1.82) is 0 Å². The van der Waals surface area contributed by atoms with E-state index in [2.05, 4.69) is 10.5 Å². The Bertz CT molecular complexity index is 971. The Morgan fingerprint density at radius 2 is 1.86 bits per heavy atom. The van der Waals surface area contributed by atoms with E-state index in [4.69, 9.17) is 9.47 Å². The summed E-state index contributed by atoms with van der Waals surface area (Å²) in [7, 11) is 1.56. The molecule has 6 heteroatoms. The minimum Gasteiger partial charge on any atom is -0.545 e. The van der Waals surface area contributed by atoms with Crippen LogP contribution in [0.5, 0.6) is 11.5 Å². The molecule has 0 aliphatic rings. The lowest BCUT2D eigenvalue weighted by molar-refractivity contribution is -0.255. The molecule has 3 aromatic rings. The molecule has 0 amide bonds. The van der Waals surface area contributed by atoms with Crippen LogP contribution < -0.4 is 20.0 Å². The Kier molecular flexibility index (Phi) is 6.25. The normalized spacial score (nSPS) is 10.6. The summed E-state index contributed by atoms with van der Waals surface area (Å²) >= 11 is 0. The van der Waals surface area contributed by atoms with Crippen LogP contribution in [0.25, 0.3) is 0 Å². The second-order valence-corrected chi connectivity index (χ2v) is 5.92. The zero-order chi connectivity index (χ0) is 19.8. The molecule has 3 aromatic carbocycles. The van der Waals surface area contributed by atoms with E-state index in [1.807, 2.05) is 42.5 Å². The molecule has 0 saturated carbocycles. The molecule has 0 aromatic heterocycles. The highest BCUT2D eigenvalue weighted by molar-refractivity contribution is 5.85. The molecule has 0 heterocycles. The number of hydrogen-bond donors (Lipinski definition) is 1. The molecule has 0 bridgehead atoms. The number of aromatic carboxylic acids is 1. The molecule has 0 fully saturated rings. The summed E-state index contributed by atoms with van der Waals surface area (Å²) < 4.78 is 11.2. The summed E-state index contributed by atoms with van der Waals surface area (Å²) in [5, 5.41) is 15.2. The number of hydrazone groups is 1. The molecule has 0 aliphatic carbocycles. The fraction of sp³-hybridized carbons (Fsp3) is 0.0909. The number of rotatable bonds is 8. The minimum absolute atomic E-state index is 0.116. The summed E-state index contributed by atoms with van der Waals surface area (Å²) in [5.74, 6) is -0.110. The Morgan fingerprint density at radius 1 is 1.04 bits per heavy atom. The highest BCUT2D eigenvalue weighted by Gasteiger charge is 2.06. The first kappa shape index (κ1) is 19.0. The monoisotopic (exact) mass is 375 g/mol. The van der Waals surface area contributed by atoms with E-state index in [9.17, 15) is 9.90 Å². The van der Waals surface area contributed by atoms with Gasteiger partial charge in [0.2, 0.25) is 0 Å². The van der Waals surface area contributed by atoms with E-state index in [1.54, 1.807) is 31.5 Å². The van der Waals surface area contributed by atoms with Gasteiger partial charge in [0.15, 0.2) is 11.5 Å². The van der Waals surface area contributed by atoms with Crippen molar-refractivity contribution in [3.8, 4) is 11.5 Å². The lowest BCUT2D eigenvalue weighted by Gasteiger charge is -2.12. The number of benzene rings is 3. The van der Waals surface area contributed by atoms with Gasteiger partial charge in [-0.2, -0.15) is 5.10 Å². The van der Waals surface area contributed by atoms with Crippen LogP contribution in [0.4, 0.5) is 5.69 Å². The van der Waals surface area contributed by atoms with Gasteiger partial charge in [-0.15, -0.1) is 0 Å². The number of para-hydroxylation sites is 1. The van der Waals surface area contributed by atoms with E-state index >= 15 is 0 Å². The van der Waals surface area contributed by atoms with Gasteiger partial charge in [0, 0.05) is 0 Å². The van der Waals surface area contributed by atoms with Gasteiger partial charge in [-0.1, -0.05) is 36.4 Å². The van der Waals surface area contributed by atoms with Gasteiger partial charge >= 0.3 is 0 Å². The van der Waals surface area contributed by atoms with Crippen LogP contribution in [0, 0.1) is 0 Å². The van der Waals surface area contributed by atoms with Crippen molar-refractivity contribution in [2.45, 2.75) is 6.61 Å². The molecule has 0 saturated heterocycles. The Balaban J connectivity index is 1.66. The maximum Gasteiger partial charge on any atom is 0.161 e. The zero-order valence-electron chi connectivity index (χ0n) is 15.3. The predicted molar refractivity (Wildman–Crippen MR) is 106 cm³/mol. The zero-order valence-corrected chi connectivity index (χ0v) is 15.3. The molecule has 142 valence electrons. The lowest BCUT2D eigenvalue weighted by Crippen LogP contribution is -2.22. The molecule has 28 heavy (non-hydrogen) atoms. The molecule has 0 unspecified atom stereocenters. The Hall–Kier alpha value is -3.80. The van der Waals surface area contributed by atoms with Crippen molar-refractivity contribution in [2.75, 3.05) is 12.5 Å². The summed E-state index contributed by atoms with van der Waals surface area (Å²) in [4.78, 5) is 11.0. The molecule has 0 aliphatic heterocycles. The number of carboxylic acid groups (broad SMARTS) is 1. The summed E-state index contributed by atoms with van der Waals surface area (Å²) in [6.45, 7) is 0.209. The predicted octanol–water partition coefficient (Wildman–Crippen LogP) is 3.08. The first-order valence-corrected chi connectivity index (χ1v) is 8.61. The SMILES string of the molecule is COc1cc(/C=N\Nc2ccccc2)ccc1OCc1cccc(C(=O)[O-])c1. The summed E-state index contributed by atoms with van der Waals surface area (Å²) in [6, 6.07) is 21.5. The molecular formula is C22H19N2O4-. The smallest absolute Gasteiger partial charge is 0.161 e. The van der Waals surface area contributed by atoms with Crippen molar-refractivity contribution < 1.29 is 19.4 Å². The van der Waals surface area contributed by atoms with Gasteiger partial charge in [-0.05, 0) is 53.1 Å². The van der Waals surface area contributed by atoms with E-state index in [-0.39, 0.29) is 12.2 Å². The second-order valence-electron chi connectivity index (χ2n) is 5.92. The van der Waals surface area contributed by atoms with E-state index in [1.165, 1.54) is 12.1 Å². The van der Waals surface area contributed by atoms with Crippen LogP contribution in [0.1, 0.15) is 21.5 Å². The number of methoxy groups -OCH3 is 1. The quantitative estimate of drug-likeness (QED) is 0.483. The first-order valence-electron chi connectivity index (χ1n) is 8.61. The maximum atomic E-state index is 11.0. The first-order chi connectivity index (χ1) is 13.7. The number of carbonyl (C=O) groups excluding carboxylic acids is 1. The second kappa shape index (κ2) is 9.23. The van der Waals surface area contributed by atoms with Crippen LogP contribution in [-0.4, -0.2) is 19.3 Å². The number of hydrogen-bond acceptors (Lipinski definition) is 6. The number of ether oxygens (including phenoxy) is 2. The molecule has 0 spiro atoms. The van der Waals surface area contributed by atoms with Crippen molar-refractivity contribution in [3.63, 3.8) is 0 Å². The van der Waals surface area contributed by atoms with Crippen LogP contribution in [-0.2, 0) is 6.61 Å². The van der Waals surface area contributed by atoms with Crippen molar-refractivity contribution >= 4 is 17.9 Å². The van der Waals surface area contributed by atoms with E-state index < -0.39 is 5.97 Å². The molecule has 0 radical (unpaired) electrons. The van der Waals surface area contributed by atoms with Crippen molar-refractivity contribution in [1.82, 2.24) is 0 Å². The van der Waals surface area contributed by atoms with E-state index in [0.717, 1.165) is 16.8 Å². The van der Waals surface area contributed by atoms with Gasteiger partial charge in [0.25, 0.3) is 0 Å². The van der Waals surface area contributed by atoms with E-state index in [0.29, 0.717) is 11.5 Å². The topological polar surface area (TPSA) is 83.0 Å². The largest absolute Gasteiger partial charge is 0.545 e. The third kappa shape index (κ3) is 5.11. The molecule has 3 rings (SSSR count). The Morgan fingerprint density at radius 3 is 2.61 bits per heavy atom. The molecule has 0 atom stereocenters. The van der Waals surface area contributed by atoms with Crippen LogP contribution in [0.2, 0.25) is 0 Å². The van der Waals surface area contributed by atoms with Gasteiger partial charge in [-0.25, -0.2) is 0 Å². The fourth-order valence-electron chi connectivity index (χ4n) is 2.53. The van der Waals surface area contributed by atoms with Gasteiger partial charge < -0.3 is 19.4 Å². The molecule has 6 nitrogen and oxygen atoms in total. The maximum absolute atomic E-state index is 11.0. The average Bonchev–Trinajstić information content (AvgIpc) is 2.73. The fourth-order valence-corrected chi connectivity index (χ4v) is 2.53. The third-order valence-electron chi connectivity index (χ3n) is 3.93. The van der Waals surface area contributed by atoms with Crippen LogP contribution in [0.15, 0.2) is 77.9 Å². The van der Waals surface area contributed by atoms with Gasteiger partial charge in [0.05, 0.1) is 25.0 Å². The van der Waals surface area contributed by atoms with Crippen molar-refractivity contribution in [3.05, 3.63) is 89.5 Å². The lowest BCUT2D eigenvalue weighted by atomic mass is 10.1. The average molecular weight is 375 g/mol. The van der Waals surface area contributed by atoms with Crippen molar-refractivity contribution in [2.24, 2.45) is 5.10 Å². The van der Waals surface area contributed by atoms with Crippen LogP contribution >= 0.6 is 0 Å². The highest BCUT2D eigenvalue weighted by Crippen LogP contribution is 2.28. The third-order valence-corrected chi connectivity index (χ3v) is 3.93. The molecular weight excluding hydrogens is 356 g/mol. The Labute approximate surface area is 163 Å².